The number of carbonyl (C=O) groups is 1. The summed E-state index contributed by atoms with van der Waals surface area (Å²) in [5, 5.41) is 0. The second-order valence-electron chi connectivity index (χ2n) is 6.45. The summed E-state index contributed by atoms with van der Waals surface area (Å²) in [5.41, 5.74) is 0.528. The minimum absolute atomic E-state index is 0.0454. The van der Waals surface area contributed by atoms with Crippen LogP contribution in [0.3, 0.4) is 0 Å². The molecular formula is C19H24N2O4. The summed E-state index contributed by atoms with van der Waals surface area (Å²) in [4.78, 5) is 18.9. The molecule has 0 N–H and O–H groups in total. The van der Waals surface area contributed by atoms with E-state index in [4.69, 9.17) is 13.9 Å². The number of carbonyl (C=O) groups excluding carboxylic acids is 1. The topological polar surface area (TPSA) is 64.8 Å². The van der Waals surface area contributed by atoms with Gasteiger partial charge in [-0.1, -0.05) is 0 Å². The van der Waals surface area contributed by atoms with E-state index in [0.29, 0.717) is 24.5 Å². The maximum absolute atomic E-state index is 12.9. The summed E-state index contributed by atoms with van der Waals surface area (Å²) in [6.45, 7) is 5.59. The first-order valence-electron chi connectivity index (χ1n) is 8.68. The molecule has 1 atom stereocenters. The zero-order valence-electron chi connectivity index (χ0n) is 14.7. The molecule has 0 aromatic carbocycles. The molecule has 134 valence electrons. The summed E-state index contributed by atoms with van der Waals surface area (Å²) in [5.74, 6) is 1.18. The number of hydrogen-bond acceptors (Lipinski definition) is 5. The van der Waals surface area contributed by atoms with Crippen LogP contribution in [0.25, 0.3) is 0 Å². The van der Waals surface area contributed by atoms with Gasteiger partial charge < -0.3 is 18.8 Å². The lowest BCUT2D eigenvalue weighted by atomic mass is 10.2. The van der Waals surface area contributed by atoms with E-state index in [1.54, 1.807) is 29.5 Å². The van der Waals surface area contributed by atoms with Gasteiger partial charge in [0, 0.05) is 25.4 Å². The number of ether oxygens (including phenoxy) is 2. The van der Waals surface area contributed by atoms with Gasteiger partial charge in [0.25, 0.3) is 5.91 Å². The minimum Gasteiger partial charge on any atom is -0.475 e. The standard InChI is InChI=1S/C19H24N2O4/c1-14(2)25-18-8-7-15(11-20-18)19(22)21(12-16-5-3-9-23-16)13-17-6-4-10-24-17/h3,5,7-9,11,14,17H,4,6,10,12-13H2,1-2H3. The molecule has 3 rings (SSSR count). The van der Waals surface area contributed by atoms with Gasteiger partial charge in [0.1, 0.15) is 5.76 Å². The fourth-order valence-corrected chi connectivity index (χ4v) is 2.84. The molecular weight excluding hydrogens is 320 g/mol. The number of rotatable bonds is 7. The van der Waals surface area contributed by atoms with Gasteiger partial charge in [0.05, 0.1) is 30.6 Å². The molecule has 2 aromatic rings. The van der Waals surface area contributed by atoms with Crippen molar-refractivity contribution in [3.05, 3.63) is 48.0 Å². The lowest BCUT2D eigenvalue weighted by Gasteiger charge is -2.24. The second-order valence-corrected chi connectivity index (χ2v) is 6.45. The highest BCUT2D eigenvalue weighted by Gasteiger charge is 2.24. The minimum atomic E-state index is -0.0875. The van der Waals surface area contributed by atoms with Gasteiger partial charge in [-0.15, -0.1) is 0 Å². The van der Waals surface area contributed by atoms with Gasteiger partial charge in [-0.05, 0) is 44.9 Å². The van der Waals surface area contributed by atoms with Gasteiger partial charge in [0.15, 0.2) is 0 Å². The monoisotopic (exact) mass is 344 g/mol. The normalized spacial score (nSPS) is 17.0. The molecule has 0 bridgehead atoms. The number of pyridine rings is 1. The maximum atomic E-state index is 12.9. The molecule has 1 fully saturated rings. The van der Waals surface area contributed by atoms with Crippen LogP contribution in [0.4, 0.5) is 0 Å². The predicted octanol–water partition coefficient (Wildman–Crippen LogP) is 3.28. The Labute approximate surface area is 147 Å². The van der Waals surface area contributed by atoms with Crippen molar-refractivity contribution < 1.29 is 18.7 Å². The number of aromatic nitrogens is 1. The Kier molecular flexibility index (Phi) is 5.71. The first-order valence-corrected chi connectivity index (χ1v) is 8.68. The van der Waals surface area contributed by atoms with E-state index in [1.165, 1.54) is 0 Å². The third-order valence-electron chi connectivity index (χ3n) is 4.00. The van der Waals surface area contributed by atoms with Crippen LogP contribution in [0.15, 0.2) is 41.1 Å². The van der Waals surface area contributed by atoms with Crippen molar-refractivity contribution in [2.24, 2.45) is 0 Å². The highest BCUT2D eigenvalue weighted by Crippen LogP contribution is 2.18. The number of amides is 1. The lowest BCUT2D eigenvalue weighted by Crippen LogP contribution is -2.36. The first kappa shape index (κ1) is 17.5. The van der Waals surface area contributed by atoms with Gasteiger partial charge >= 0.3 is 0 Å². The van der Waals surface area contributed by atoms with Crippen molar-refractivity contribution in [2.75, 3.05) is 13.2 Å². The summed E-state index contributed by atoms with van der Waals surface area (Å²) < 4.78 is 16.6. The third-order valence-corrected chi connectivity index (χ3v) is 4.00. The van der Waals surface area contributed by atoms with Gasteiger partial charge in [-0.2, -0.15) is 0 Å². The van der Waals surface area contributed by atoms with Crippen molar-refractivity contribution in [3.63, 3.8) is 0 Å². The van der Waals surface area contributed by atoms with Gasteiger partial charge in [-0.25, -0.2) is 4.98 Å². The fourth-order valence-electron chi connectivity index (χ4n) is 2.84. The highest BCUT2D eigenvalue weighted by atomic mass is 16.5. The summed E-state index contributed by atoms with van der Waals surface area (Å²) in [6.07, 6.45) is 5.31. The largest absolute Gasteiger partial charge is 0.475 e. The van der Waals surface area contributed by atoms with E-state index in [9.17, 15) is 4.79 Å². The van der Waals surface area contributed by atoms with E-state index in [1.807, 2.05) is 26.0 Å². The Morgan fingerprint density at radius 2 is 2.28 bits per heavy atom. The molecule has 1 unspecified atom stereocenters. The van der Waals surface area contributed by atoms with Crippen molar-refractivity contribution >= 4 is 5.91 Å². The van der Waals surface area contributed by atoms with E-state index >= 15 is 0 Å². The summed E-state index contributed by atoms with van der Waals surface area (Å²) in [7, 11) is 0. The van der Waals surface area contributed by atoms with Gasteiger partial charge in [0.2, 0.25) is 5.88 Å². The molecule has 6 heteroatoms. The van der Waals surface area contributed by atoms with Crippen LogP contribution in [-0.4, -0.2) is 41.2 Å². The van der Waals surface area contributed by atoms with E-state index in [-0.39, 0.29) is 18.1 Å². The smallest absolute Gasteiger partial charge is 0.255 e. The molecule has 1 amide bonds. The molecule has 2 aromatic heterocycles. The quantitative estimate of drug-likeness (QED) is 0.771. The number of furan rings is 1. The molecule has 1 aliphatic heterocycles. The Bertz CT molecular complexity index is 661. The Morgan fingerprint density at radius 1 is 1.40 bits per heavy atom. The highest BCUT2D eigenvalue weighted by molar-refractivity contribution is 5.94. The SMILES string of the molecule is CC(C)Oc1ccc(C(=O)N(Cc2ccco2)CC2CCCO2)cn1. The molecule has 0 aliphatic carbocycles. The zero-order valence-corrected chi connectivity index (χ0v) is 14.7. The number of hydrogen-bond donors (Lipinski definition) is 0. The van der Waals surface area contributed by atoms with E-state index in [2.05, 4.69) is 4.98 Å². The van der Waals surface area contributed by atoms with Crippen LogP contribution < -0.4 is 4.74 Å². The summed E-state index contributed by atoms with van der Waals surface area (Å²) >= 11 is 0. The van der Waals surface area contributed by atoms with Crippen molar-refractivity contribution in [3.8, 4) is 5.88 Å². The van der Waals surface area contributed by atoms with Crippen molar-refractivity contribution in [1.82, 2.24) is 9.88 Å². The Hall–Kier alpha value is -2.34. The van der Waals surface area contributed by atoms with E-state index < -0.39 is 0 Å². The second kappa shape index (κ2) is 8.16. The maximum Gasteiger partial charge on any atom is 0.255 e. The first-order chi connectivity index (χ1) is 12.1. The van der Waals surface area contributed by atoms with Crippen LogP contribution in [0.2, 0.25) is 0 Å². The molecule has 3 heterocycles. The average molecular weight is 344 g/mol. The molecule has 0 saturated carbocycles. The van der Waals surface area contributed by atoms with Crippen LogP contribution in [0.5, 0.6) is 5.88 Å². The Balaban J connectivity index is 1.72. The Morgan fingerprint density at radius 3 is 2.88 bits per heavy atom. The summed E-state index contributed by atoms with van der Waals surface area (Å²) in [6, 6.07) is 7.17. The van der Waals surface area contributed by atoms with Crippen LogP contribution in [0, 0.1) is 0 Å². The van der Waals surface area contributed by atoms with E-state index in [0.717, 1.165) is 25.2 Å². The predicted molar refractivity (Wildman–Crippen MR) is 92.4 cm³/mol. The molecule has 0 radical (unpaired) electrons. The lowest BCUT2D eigenvalue weighted by molar-refractivity contribution is 0.0491. The van der Waals surface area contributed by atoms with Crippen molar-refractivity contribution in [2.45, 2.75) is 45.4 Å². The van der Waals surface area contributed by atoms with Crippen LogP contribution in [0.1, 0.15) is 42.8 Å². The van der Waals surface area contributed by atoms with Crippen molar-refractivity contribution in [1.29, 1.82) is 0 Å². The number of nitrogens with zero attached hydrogens (tertiary/aromatic N) is 2. The molecule has 6 nitrogen and oxygen atoms in total. The van der Waals surface area contributed by atoms with Crippen LogP contribution in [-0.2, 0) is 11.3 Å². The van der Waals surface area contributed by atoms with Gasteiger partial charge in [-0.3, -0.25) is 4.79 Å². The molecule has 0 spiro atoms. The third kappa shape index (κ3) is 4.82. The zero-order chi connectivity index (χ0) is 17.6. The molecule has 1 saturated heterocycles. The fraction of sp³-hybridized carbons (Fsp3) is 0.474. The molecule has 25 heavy (non-hydrogen) atoms. The van der Waals surface area contributed by atoms with Crippen LogP contribution >= 0.6 is 0 Å². The average Bonchev–Trinajstić information content (AvgIpc) is 3.28. The molecule has 1 aliphatic rings.